The molecule has 0 unspecified atom stereocenters. The molecule has 0 spiro atoms. The summed E-state index contributed by atoms with van der Waals surface area (Å²) < 4.78 is 41.0. The topological polar surface area (TPSA) is 43.4 Å². The predicted molar refractivity (Wildman–Crippen MR) is 50.4 cm³/mol. The average molecular weight is 239 g/mol. The number of carbonyl (C=O) groups is 2. The molecule has 0 aromatic heterocycles. The van der Waals surface area contributed by atoms with Gasteiger partial charge in [0.1, 0.15) is 5.78 Å². The molecule has 0 amide bonds. The molecule has 0 saturated heterocycles. The first-order chi connectivity index (χ1) is 7.23. The van der Waals surface area contributed by atoms with E-state index in [1.807, 2.05) is 0 Å². The molecule has 1 radical (unpaired) electrons. The largest absolute Gasteiger partial charge is 0.453 e. The van der Waals surface area contributed by atoms with Gasteiger partial charge in [-0.1, -0.05) is 0 Å². The van der Waals surface area contributed by atoms with Crippen LogP contribution in [-0.4, -0.2) is 24.0 Å². The number of Topliss-reactive ketones (excluding diaryl/α,β-unsaturated/α-hetero) is 1. The van der Waals surface area contributed by atoms with E-state index in [1.165, 1.54) is 13.3 Å². The Morgan fingerprint density at radius 1 is 1.31 bits per heavy atom. The molecule has 0 aromatic carbocycles. The summed E-state index contributed by atoms with van der Waals surface area (Å²) in [6.07, 6.45) is -5.35. The first kappa shape index (κ1) is 14.9. The highest BCUT2D eigenvalue weighted by Crippen LogP contribution is 2.26. The normalized spacial score (nSPS) is 13.3. The molecule has 0 bridgehead atoms. The molecule has 0 aliphatic carbocycles. The number of halogens is 3. The highest BCUT2D eigenvalue weighted by molar-refractivity contribution is 5.75. The van der Waals surface area contributed by atoms with Crippen molar-refractivity contribution < 1.29 is 27.5 Å². The van der Waals surface area contributed by atoms with Gasteiger partial charge in [-0.2, -0.15) is 13.2 Å². The average Bonchev–Trinajstić information content (AvgIpc) is 2.07. The molecule has 0 heterocycles. The highest BCUT2D eigenvalue weighted by atomic mass is 19.4. The van der Waals surface area contributed by atoms with Crippen molar-refractivity contribution in [2.45, 2.75) is 45.4 Å². The van der Waals surface area contributed by atoms with Crippen LogP contribution >= 0.6 is 0 Å². The molecule has 0 saturated carbocycles. The minimum atomic E-state index is -4.57. The molecule has 16 heavy (non-hydrogen) atoms. The number of alkyl halides is 3. The van der Waals surface area contributed by atoms with E-state index in [9.17, 15) is 22.8 Å². The maximum Gasteiger partial charge on any atom is 0.425 e. The molecule has 0 aliphatic heterocycles. The lowest BCUT2D eigenvalue weighted by Crippen LogP contribution is -2.33. The predicted octanol–water partition coefficient (Wildman–Crippen LogP) is 2.44. The zero-order valence-electron chi connectivity index (χ0n) is 9.13. The van der Waals surface area contributed by atoms with Crippen LogP contribution in [0.5, 0.6) is 0 Å². The molecule has 0 aromatic rings. The summed E-state index contributed by atoms with van der Waals surface area (Å²) in [5.41, 5.74) is 0. The standard InChI is InChI=1S/C10H14F3O3/c1-7(14)5-3-4-6-9(10(11,12)13)16-8(2)15/h4,9H,3,5-6H2,1-2H3/t9-/m0/s1. The van der Waals surface area contributed by atoms with E-state index in [0.29, 0.717) is 0 Å². The van der Waals surface area contributed by atoms with Gasteiger partial charge in [0.15, 0.2) is 6.10 Å². The smallest absolute Gasteiger partial charge is 0.425 e. The third-order valence-corrected chi connectivity index (χ3v) is 1.75. The fourth-order valence-corrected chi connectivity index (χ4v) is 1.02. The van der Waals surface area contributed by atoms with Crippen LogP contribution in [0.15, 0.2) is 0 Å². The Kier molecular flexibility index (Phi) is 6.06. The molecule has 6 heteroatoms. The van der Waals surface area contributed by atoms with Crippen LogP contribution in [-0.2, 0) is 14.3 Å². The monoisotopic (exact) mass is 239 g/mol. The summed E-state index contributed by atoms with van der Waals surface area (Å²) in [6.45, 7) is 2.29. The molecule has 3 nitrogen and oxygen atoms in total. The van der Waals surface area contributed by atoms with Crippen molar-refractivity contribution in [1.82, 2.24) is 0 Å². The maximum atomic E-state index is 12.3. The van der Waals surface area contributed by atoms with Crippen LogP contribution < -0.4 is 0 Å². The highest BCUT2D eigenvalue weighted by Gasteiger charge is 2.41. The summed E-state index contributed by atoms with van der Waals surface area (Å²) in [7, 11) is 0. The number of carbonyl (C=O) groups excluding carboxylic acids is 2. The molecular weight excluding hydrogens is 225 g/mol. The number of rotatable bonds is 6. The van der Waals surface area contributed by atoms with Gasteiger partial charge in [-0.15, -0.1) is 0 Å². The van der Waals surface area contributed by atoms with E-state index < -0.39 is 24.7 Å². The lowest BCUT2D eigenvalue weighted by molar-refractivity contribution is -0.219. The molecule has 0 fully saturated rings. The minimum Gasteiger partial charge on any atom is -0.453 e. The lowest BCUT2D eigenvalue weighted by Gasteiger charge is -2.19. The van der Waals surface area contributed by atoms with Gasteiger partial charge in [0.25, 0.3) is 0 Å². The summed E-state index contributed by atoms with van der Waals surface area (Å²) in [6, 6.07) is 0. The Labute approximate surface area is 92.0 Å². The number of hydrogen-bond donors (Lipinski definition) is 0. The summed E-state index contributed by atoms with van der Waals surface area (Å²) >= 11 is 0. The van der Waals surface area contributed by atoms with Crippen LogP contribution in [0.3, 0.4) is 0 Å². The van der Waals surface area contributed by atoms with Gasteiger partial charge >= 0.3 is 12.1 Å². The molecule has 93 valence electrons. The van der Waals surface area contributed by atoms with Crippen LogP contribution in [0.2, 0.25) is 0 Å². The number of esters is 1. The van der Waals surface area contributed by atoms with E-state index in [4.69, 9.17) is 0 Å². The van der Waals surface area contributed by atoms with Crippen molar-refractivity contribution in [2.24, 2.45) is 0 Å². The number of ketones is 1. The second-order valence-corrected chi connectivity index (χ2v) is 3.40. The van der Waals surface area contributed by atoms with Crippen LogP contribution in [0, 0.1) is 6.42 Å². The molecule has 0 N–H and O–H groups in total. The van der Waals surface area contributed by atoms with Gasteiger partial charge in [0.2, 0.25) is 0 Å². The summed E-state index contributed by atoms with van der Waals surface area (Å²) in [4.78, 5) is 21.0. The van der Waals surface area contributed by atoms with Gasteiger partial charge in [-0.25, -0.2) is 0 Å². The van der Waals surface area contributed by atoms with E-state index in [0.717, 1.165) is 6.92 Å². The molecular formula is C10H14F3O3. The lowest BCUT2D eigenvalue weighted by atomic mass is 10.1. The molecule has 0 aliphatic rings. The number of unbranched alkanes of at least 4 members (excludes halogenated alkanes) is 1. The zero-order valence-corrected chi connectivity index (χ0v) is 9.13. The van der Waals surface area contributed by atoms with E-state index >= 15 is 0 Å². The Morgan fingerprint density at radius 2 is 1.88 bits per heavy atom. The second kappa shape index (κ2) is 6.50. The van der Waals surface area contributed by atoms with E-state index in [2.05, 4.69) is 4.74 Å². The number of hydrogen-bond acceptors (Lipinski definition) is 3. The van der Waals surface area contributed by atoms with Crippen LogP contribution in [0.25, 0.3) is 0 Å². The Bertz CT molecular complexity index is 248. The quantitative estimate of drug-likeness (QED) is 0.528. The van der Waals surface area contributed by atoms with Gasteiger partial charge in [0, 0.05) is 13.3 Å². The zero-order chi connectivity index (χ0) is 12.8. The van der Waals surface area contributed by atoms with Crippen LogP contribution in [0.1, 0.15) is 33.1 Å². The van der Waals surface area contributed by atoms with Gasteiger partial charge in [-0.3, -0.25) is 4.79 Å². The Hall–Kier alpha value is -1.07. The van der Waals surface area contributed by atoms with E-state index in [-0.39, 0.29) is 18.6 Å². The third kappa shape index (κ3) is 7.25. The first-order valence-electron chi connectivity index (χ1n) is 4.78. The Morgan fingerprint density at radius 3 is 2.25 bits per heavy atom. The van der Waals surface area contributed by atoms with E-state index in [1.54, 1.807) is 0 Å². The van der Waals surface area contributed by atoms with Gasteiger partial charge < -0.3 is 9.53 Å². The fourth-order valence-electron chi connectivity index (χ4n) is 1.02. The Balaban J connectivity index is 4.03. The van der Waals surface area contributed by atoms with Crippen molar-refractivity contribution in [3.05, 3.63) is 6.42 Å². The molecule has 0 rings (SSSR count). The van der Waals surface area contributed by atoms with Crippen molar-refractivity contribution >= 4 is 11.8 Å². The molecule has 1 atom stereocenters. The first-order valence-corrected chi connectivity index (χ1v) is 4.78. The van der Waals surface area contributed by atoms with Gasteiger partial charge in [-0.05, 0) is 26.2 Å². The SMILES string of the molecule is CC(=O)CC[CH]C[C@H](OC(C)=O)C(F)(F)F. The second-order valence-electron chi connectivity index (χ2n) is 3.40. The minimum absolute atomic E-state index is 0.0905. The summed E-state index contributed by atoms with van der Waals surface area (Å²) in [5, 5.41) is 0. The van der Waals surface area contributed by atoms with Crippen molar-refractivity contribution in [2.75, 3.05) is 0 Å². The van der Waals surface area contributed by atoms with Crippen molar-refractivity contribution in [1.29, 1.82) is 0 Å². The third-order valence-electron chi connectivity index (χ3n) is 1.75. The van der Waals surface area contributed by atoms with Crippen LogP contribution in [0.4, 0.5) is 13.2 Å². The van der Waals surface area contributed by atoms with Gasteiger partial charge in [0.05, 0.1) is 0 Å². The summed E-state index contributed by atoms with van der Waals surface area (Å²) in [5.74, 6) is -1.06. The van der Waals surface area contributed by atoms with Crippen molar-refractivity contribution in [3.63, 3.8) is 0 Å². The fraction of sp³-hybridized carbons (Fsp3) is 0.700. The maximum absolute atomic E-state index is 12.3. The van der Waals surface area contributed by atoms with Crippen molar-refractivity contribution in [3.8, 4) is 0 Å². The number of ether oxygens (including phenoxy) is 1.